The summed E-state index contributed by atoms with van der Waals surface area (Å²) in [6.45, 7) is 3.95. The van der Waals surface area contributed by atoms with E-state index in [0.29, 0.717) is 0 Å². The van der Waals surface area contributed by atoms with Crippen LogP contribution in [0.25, 0.3) is 10.8 Å². The molecule has 0 heterocycles. The van der Waals surface area contributed by atoms with E-state index in [1.807, 2.05) is 72.8 Å². The minimum atomic E-state index is -4.28. The number of hydrogen-bond donors (Lipinski definition) is 0. The van der Waals surface area contributed by atoms with Crippen molar-refractivity contribution in [1.29, 1.82) is 0 Å². The summed E-state index contributed by atoms with van der Waals surface area (Å²) in [5, 5.41) is 13.5. The van der Waals surface area contributed by atoms with Gasteiger partial charge in [0.05, 0.1) is 11.0 Å². The molecule has 0 saturated heterocycles. The number of sulfonamides is 1. The summed E-state index contributed by atoms with van der Waals surface area (Å²) < 4.78 is 29.2. The maximum Gasteiger partial charge on any atom is 0.289 e. The smallest absolute Gasteiger partial charge is 0.258 e. The van der Waals surface area contributed by atoms with E-state index in [0.717, 1.165) is 21.9 Å². The number of nitro groups is 1. The molecule has 0 radical (unpaired) electrons. The SMILES string of the molecule is C=C[C@@H](c1cccc2ccccc12)N(Cc1ccccc1)S(=O)(=O)c1ccccc1[N+](=O)[O-]. The van der Waals surface area contributed by atoms with Crippen LogP contribution in [-0.4, -0.2) is 17.6 Å². The molecule has 1 atom stereocenters. The van der Waals surface area contributed by atoms with Crippen LogP contribution in [0.2, 0.25) is 0 Å². The monoisotopic (exact) mass is 458 g/mol. The van der Waals surface area contributed by atoms with Crippen molar-refractivity contribution in [3.63, 3.8) is 0 Å². The van der Waals surface area contributed by atoms with E-state index in [1.54, 1.807) is 6.08 Å². The Labute approximate surface area is 192 Å². The average molecular weight is 459 g/mol. The fraction of sp³-hybridized carbons (Fsp3) is 0.0769. The lowest BCUT2D eigenvalue weighted by molar-refractivity contribution is -0.387. The third-order valence-electron chi connectivity index (χ3n) is 5.51. The summed E-state index contributed by atoms with van der Waals surface area (Å²) in [6.07, 6.45) is 1.57. The van der Waals surface area contributed by atoms with Gasteiger partial charge in [-0.3, -0.25) is 10.1 Å². The third-order valence-corrected chi connectivity index (χ3v) is 7.38. The van der Waals surface area contributed by atoms with Gasteiger partial charge in [0.1, 0.15) is 0 Å². The van der Waals surface area contributed by atoms with E-state index in [9.17, 15) is 18.5 Å². The quantitative estimate of drug-likeness (QED) is 0.188. The lowest BCUT2D eigenvalue weighted by Crippen LogP contribution is -2.34. The van der Waals surface area contributed by atoms with Gasteiger partial charge >= 0.3 is 0 Å². The summed E-state index contributed by atoms with van der Waals surface area (Å²) in [6, 6.07) is 27.2. The van der Waals surface area contributed by atoms with Crippen molar-refractivity contribution in [3.8, 4) is 0 Å². The molecule has 0 unspecified atom stereocenters. The van der Waals surface area contributed by atoms with Crippen LogP contribution in [0.4, 0.5) is 5.69 Å². The molecule has 0 spiro atoms. The fourth-order valence-corrected chi connectivity index (χ4v) is 5.68. The van der Waals surface area contributed by atoms with Crippen LogP contribution in [0.5, 0.6) is 0 Å². The van der Waals surface area contributed by atoms with Gasteiger partial charge in [-0.05, 0) is 28.0 Å². The molecule has 0 saturated carbocycles. The first-order valence-corrected chi connectivity index (χ1v) is 11.8. The Kier molecular flexibility index (Phi) is 6.35. The number of fused-ring (bicyclic) bond motifs is 1. The number of rotatable bonds is 8. The van der Waals surface area contributed by atoms with Crippen molar-refractivity contribution in [1.82, 2.24) is 4.31 Å². The molecule has 0 amide bonds. The number of nitro benzene ring substituents is 1. The van der Waals surface area contributed by atoms with Crippen molar-refractivity contribution in [2.75, 3.05) is 0 Å². The van der Waals surface area contributed by atoms with Crippen LogP contribution in [-0.2, 0) is 16.6 Å². The topological polar surface area (TPSA) is 80.5 Å². The summed E-state index contributed by atoms with van der Waals surface area (Å²) in [5.41, 5.74) is 1.05. The predicted molar refractivity (Wildman–Crippen MR) is 129 cm³/mol. The summed E-state index contributed by atoms with van der Waals surface area (Å²) in [7, 11) is -4.28. The van der Waals surface area contributed by atoms with E-state index in [2.05, 4.69) is 6.58 Å². The van der Waals surface area contributed by atoms with Crippen molar-refractivity contribution >= 4 is 26.5 Å². The van der Waals surface area contributed by atoms with Crippen molar-refractivity contribution in [2.24, 2.45) is 0 Å². The van der Waals surface area contributed by atoms with Gasteiger partial charge in [-0.2, -0.15) is 4.31 Å². The zero-order valence-electron chi connectivity index (χ0n) is 17.7. The molecule has 0 aromatic heterocycles. The highest BCUT2D eigenvalue weighted by Gasteiger charge is 2.36. The molecule has 6 nitrogen and oxygen atoms in total. The van der Waals surface area contributed by atoms with Crippen molar-refractivity contribution in [2.45, 2.75) is 17.5 Å². The largest absolute Gasteiger partial charge is 0.289 e. The molecule has 166 valence electrons. The second kappa shape index (κ2) is 9.36. The Morgan fingerprint density at radius 2 is 1.52 bits per heavy atom. The maximum atomic E-state index is 13.9. The molecule has 0 aliphatic rings. The maximum absolute atomic E-state index is 13.9. The van der Waals surface area contributed by atoms with Crippen LogP contribution in [0, 0.1) is 10.1 Å². The van der Waals surface area contributed by atoms with Crippen LogP contribution in [0.1, 0.15) is 17.2 Å². The molecule has 0 fully saturated rings. The Morgan fingerprint density at radius 3 is 2.24 bits per heavy atom. The second-order valence-corrected chi connectivity index (χ2v) is 9.37. The Hall–Kier alpha value is -3.81. The van der Waals surface area contributed by atoms with E-state index >= 15 is 0 Å². The fourth-order valence-electron chi connectivity index (χ4n) is 3.96. The Morgan fingerprint density at radius 1 is 0.879 bits per heavy atom. The lowest BCUT2D eigenvalue weighted by Gasteiger charge is -2.30. The van der Waals surface area contributed by atoms with Gasteiger partial charge in [-0.1, -0.05) is 91.0 Å². The minimum Gasteiger partial charge on any atom is -0.258 e. The van der Waals surface area contributed by atoms with Crippen molar-refractivity contribution in [3.05, 3.63) is 131 Å². The molecule has 33 heavy (non-hydrogen) atoms. The number of nitrogens with zero attached hydrogens (tertiary/aromatic N) is 2. The van der Waals surface area contributed by atoms with E-state index in [1.165, 1.54) is 28.6 Å². The zero-order chi connectivity index (χ0) is 23.4. The zero-order valence-corrected chi connectivity index (χ0v) is 18.6. The standard InChI is InChI=1S/C26H22N2O4S/c1-2-24(23-16-10-14-21-13-6-7-15-22(21)23)27(19-20-11-4-3-5-12-20)33(31,32)26-18-9-8-17-25(26)28(29)30/h2-18,24H,1,19H2/t24-/m0/s1. The van der Waals surface area contributed by atoms with Crippen LogP contribution in [0.3, 0.4) is 0 Å². The minimum absolute atomic E-state index is 0.0229. The number of hydrogen-bond acceptors (Lipinski definition) is 4. The Balaban J connectivity index is 1.93. The third kappa shape index (κ3) is 4.41. The summed E-state index contributed by atoms with van der Waals surface area (Å²) in [5.74, 6) is 0. The molecule has 7 heteroatoms. The average Bonchev–Trinajstić information content (AvgIpc) is 2.84. The molecule has 0 aliphatic carbocycles. The van der Waals surface area contributed by atoms with Gasteiger partial charge < -0.3 is 0 Å². The molecule has 0 N–H and O–H groups in total. The van der Waals surface area contributed by atoms with Crippen LogP contribution in [0.15, 0.2) is 115 Å². The highest BCUT2D eigenvalue weighted by Crippen LogP contribution is 2.36. The first kappa shape index (κ1) is 22.4. The summed E-state index contributed by atoms with van der Waals surface area (Å²) in [4.78, 5) is 10.6. The molecule has 4 aromatic rings. The van der Waals surface area contributed by atoms with Gasteiger partial charge in [0.2, 0.25) is 0 Å². The van der Waals surface area contributed by atoms with Crippen molar-refractivity contribution < 1.29 is 13.3 Å². The molecule has 0 aliphatic heterocycles. The number of para-hydroxylation sites is 1. The van der Waals surface area contributed by atoms with Gasteiger partial charge in [-0.25, -0.2) is 8.42 Å². The number of benzene rings is 4. The molecule has 4 aromatic carbocycles. The Bertz CT molecular complexity index is 1410. The van der Waals surface area contributed by atoms with E-state index in [-0.39, 0.29) is 11.4 Å². The van der Waals surface area contributed by atoms with Gasteiger partial charge in [0.15, 0.2) is 4.90 Å². The highest BCUT2D eigenvalue weighted by atomic mass is 32.2. The summed E-state index contributed by atoms with van der Waals surface area (Å²) >= 11 is 0. The molecular weight excluding hydrogens is 436 g/mol. The molecule has 4 rings (SSSR count). The highest BCUT2D eigenvalue weighted by molar-refractivity contribution is 7.89. The molecule has 0 bridgehead atoms. The van der Waals surface area contributed by atoms with Gasteiger partial charge in [0, 0.05) is 12.6 Å². The first-order chi connectivity index (χ1) is 15.9. The first-order valence-electron chi connectivity index (χ1n) is 10.3. The van der Waals surface area contributed by atoms with Gasteiger partial charge in [0.25, 0.3) is 15.7 Å². The molecular formula is C26H22N2O4S. The van der Waals surface area contributed by atoms with Crippen LogP contribution >= 0.6 is 0 Å². The second-order valence-electron chi connectivity index (χ2n) is 7.51. The lowest BCUT2D eigenvalue weighted by atomic mass is 9.98. The van der Waals surface area contributed by atoms with Crippen LogP contribution < -0.4 is 0 Å². The van der Waals surface area contributed by atoms with Gasteiger partial charge in [-0.15, -0.1) is 6.58 Å². The van der Waals surface area contributed by atoms with E-state index < -0.39 is 26.7 Å². The normalized spacial score (nSPS) is 12.5. The predicted octanol–water partition coefficient (Wildman–Crippen LogP) is 5.87. The van der Waals surface area contributed by atoms with E-state index in [4.69, 9.17) is 0 Å².